The van der Waals surface area contributed by atoms with Crippen LogP contribution in [0.2, 0.25) is 0 Å². The number of fused-ring (bicyclic) bond motifs is 25. The molecule has 650 valence electrons. The molecule has 0 radical (unpaired) electrons. The van der Waals surface area contributed by atoms with Gasteiger partial charge in [-0.1, -0.05) is 337 Å². The van der Waals surface area contributed by atoms with Crippen LogP contribution in [0.3, 0.4) is 0 Å². The first kappa shape index (κ1) is 80.0. The van der Waals surface area contributed by atoms with Crippen molar-refractivity contribution in [1.82, 2.24) is 57.7 Å². The maximum absolute atomic E-state index is 5.26. The van der Waals surface area contributed by atoms with E-state index < -0.39 is 0 Å². The molecule has 2 aliphatic carbocycles. The molecule has 0 amide bonds. The highest BCUT2D eigenvalue weighted by Crippen LogP contribution is 2.54. The third-order valence-corrected chi connectivity index (χ3v) is 29.8. The lowest BCUT2D eigenvalue weighted by Crippen LogP contribution is -2.14. The molecular weight excluding hydrogens is 1700 g/mol. The molecule has 0 unspecified atom stereocenters. The van der Waals surface area contributed by atoms with Gasteiger partial charge in [-0.25, -0.2) is 24.9 Å². The van der Waals surface area contributed by atoms with E-state index in [-0.39, 0.29) is 10.8 Å². The van der Waals surface area contributed by atoms with Crippen molar-refractivity contribution < 1.29 is 0 Å². The fourth-order valence-electron chi connectivity index (χ4n) is 22.2. The summed E-state index contributed by atoms with van der Waals surface area (Å²) in [5.41, 5.74) is 30.1. The molecule has 13 heteroatoms. The van der Waals surface area contributed by atoms with Crippen molar-refractivity contribution in [3.05, 3.63) is 459 Å². The smallest absolute Gasteiger partial charge is 0.238 e. The SMILES string of the molecule is CC1(C)c2ccccc2-c2cc3c(cc21)c1ccccc1n3-c1nc(-c2ccccc2)nc(-c2ccc(-n3c4ccccc4c4ccccc43)cc2)n1.CC1(C)c2ccccc2-c2cc3c4ccccc4n(-c4cccc(-c5nc(-c6ccccc6)nc(-c6ccccc6)n5)c4)c3cc21.c1ccc(-n2c3ccccc3c3ccc4c5ccccc5n(-c5nccc6c5sc5ccccc56)c4c32)cc1. The van der Waals surface area contributed by atoms with Gasteiger partial charge in [-0.15, -0.1) is 11.3 Å². The molecule has 9 heterocycles. The van der Waals surface area contributed by atoms with Crippen LogP contribution in [0.4, 0.5) is 0 Å². The van der Waals surface area contributed by atoms with Crippen LogP contribution in [0.1, 0.15) is 49.9 Å². The molecule has 0 bridgehead atoms. The zero-order chi connectivity index (χ0) is 91.6. The highest BCUT2D eigenvalue weighted by Gasteiger charge is 2.39. The number of hydrogen-bond acceptors (Lipinski definition) is 8. The van der Waals surface area contributed by atoms with E-state index in [2.05, 4.69) is 402 Å². The minimum Gasteiger partial charge on any atom is -0.309 e. The summed E-state index contributed by atoms with van der Waals surface area (Å²) in [5.74, 6) is 4.80. The second kappa shape index (κ2) is 31.5. The van der Waals surface area contributed by atoms with Crippen LogP contribution in [0.25, 0.3) is 237 Å². The van der Waals surface area contributed by atoms with Crippen LogP contribution in [-0.2, 0) is 10.8 Å². The van der Waals surface area contributed by atoms with Gasteiger partial charge in [-0.05, 0) is 166 Å². The molecule has 29 rings (SSSR count). The van der Waals surface area contributed by atoms with Gasteiger partial charge in [0, 0.05) is 131 Å². The number of hydrogen-bond donors (Lipinski definition) is 0. The lowest BCUT2D eigenvalue weighted by atomic mass is 9.82. The predicted octanol–water partition coefficient (Wildman–Crippen LogP) is 31.6. The number of rotatable bonds is 10. The summed E-state index contributed by atoms with van der Waals surface area (Å²) in [5, 5.41) is 14.9. The van der Waals surface area contributed by atoms with E-state index in [0.29, 0.717) is 35.1 Å². The van der Waals surface area contributed by atoms with Gasteiger partial charge in [0.1, 0.15) is 0 Å². The molecule has 0 N–H and O–H groups in total. The standard InChI is InChI=1S/C48H33N5.C42H30N4.C35H21N3S/c1-48(2)39-20-10-6-16-33(39)37-29-44-38(28-40(37)48)36-19-9-13-23-43(36)53(44)47-50-45(30-14-4-3-5-15-30)49-46(51-47)31-24-26-32(27-25-31)52-41-21-11-7-17-34(41)35-18-8-12-22-42(35)52;1-42(2)35-22-11-9-20-31(35)33-25-34-32-21-10-12-23-37(32)46(38(34)26-36(33)42)30-19-13-18-29(24-30)41-44-39(27-14-5-3-6-15-27)43-40(45-41)28-16-7-4-8-17-28;1-2-10-22(11-3-1)37-29-15-7-4-12-23(29)26-18-19-27-24-13-5-8-16-30(24)38(33(27)32(26)37)35-34-28(20-21-36-35)25-14-6-9-17-31(25)39-34/h3-29H,1-2H3;3-26H,1-2H3;1-21H. The number of para-hydroxylation sites is 7. The van der Waals surface area contributed by atoms with Gasteiger partial charge < -0.3 is 13.7 Å². The van der Waals surface area contributed by atoms with Crippen molar-refractivity contribution in [3.63, 3.8) is 0 Å². The molecule has 18 aromatic carbocycles. The average molecular weight is 1790 g/mol. The van der Waals surface area contributed by atoms with Crippen LogP contribution in [0.5, 0.6) is 0 Å². The fraction of sp³-hybridized carbons (Fsp3) is 0.0480. The molecule has 0 saturated heterocycles. The Labute approximate surface area is 798 Å². The Morgan fingerprint density at radius 3 is 1.11 bits per heavy atom. The highest BCUT2D eigenvalue weighted by molar-refractivity contribution is 7.26. The van der Waals surface area contributed by atoms with Crippen LogP contribution in [0.15, 0.2) is 437 Å². The van der Waals surface area contributed by atoms with Crippen molar-refractivity contribution in [1.29, 1.82) is 0 Å². The largest absolute Gasteiger partial charge is 0.309 e. The number of benzene rings is 18. The zero-order valence-corrected chi connectivity index (χ0v) is 76.7. The Morgan fingerprint density at radius 2 is 0.572 bits per heavy atom. The lowest BCUT2D eigenvalue weighted by molar-refractivity contribution is 0.661. The first-order valence-corrected chi connectivity index (χ1v) is 47.8. The molecule has 2 aliphatic rings. The zero-order valence-electron chi connectivity index (χ0n) is 75.8. The van der Waals surface area contributed by atoms with E-state index in [4.69, 9.17) is 34.9 Å². The molecular formula is C125H84N12S. The molecule has 0 aliphatic heterocycles. The number of thiophene rings is 1. The second-order valence-corrected chi connectivity index (χ2v) is 38.1. The Morgan fingerprint density at radius 1 is 0.210 bits per heavy atom. The monoisotopic (exact) mass is 1780 g/mol. The molecule has 0 saturated carbocycles. The van der Waals surface area contributed by atoms with E-state index in [9.17, 15) is 0 Å². The summed E-state index contributed by atoms with van der Waals surface area (Å²) in [6.07, 6.45) is 1.96. The van der Waals surface area contributed by atoms with Crippen LogP contribution < -0.4 is 0 Å². The molecule has 0 atom stereocenters. The quantitative estimate of drug-likeness (QED) is 0.134. The van der Waals surface area contributed by atoms with E-state index in [1.54, 1.807) is 0 Å². The van der Waals surface area contributed by atoms with E-state index in [1.165, 1.54) is 163 Å². The first-order valence-electron chi connectivity index (χ1n) is 47.0. The Balaban J connectivity index is 0.000000106. The van der Waals surface area contributed by atoms with Gasteiger partial charge in [0.25, 0.3) is 0 Å². The summed E-state index contributed by atoms with van der Waals surface area (Å²) in [7, 11) is 0. The van der Waals surface area contributed by atoms with E-state index >= 15 is 0 Å². The molecule has 27 aromatic rings. The van der Waals surface area contributed by atoms with Crippen molar-refractivity contribution in [2.75, 3.05) is 0 Å². The summed E-state index contributed by atoms with van der Waals surface area (Å²) in [6, 6.07) is 153. The fourth-order valence-corrected chi connectivity index (χ4v) is 23.4. The topological polar surface area (TPSA) is 115 Å². The van der Waals surface area contributed by atoms with Crippen molar-refractivity contribution in [2.24, 2.45) is 0 Å². The second-order valence-electron chi connectivity index (χ2n) is 37.0. The lowest BCUT2D eigenvalue weighted by Gasteiger charge is -2.21. The van der Waals surface area contributed by atoms with Crippen molar-refractivity contribution in [2.45, 2.75) is 38.5 Å². The van der Waals surface area contributed by atoms with Crippen LogP contribution in [0, 0.1) is 0 Å². The van der Waals surface area contributed by atoms with Crippen LogP contribution in [-0.4, -0.2) is 57.7 Å². The number of pyridine rings is 1. The maximum Gasteiger partial charge on any atom is 0.238 e. The Kier molecular flexibility index (Phi) is 18.3. The molecule has 0 fully saturated rings. The normalized spacial score (nSPS) is 12.9. The minimum atomic E-state index is -0.102. The Hall–Kier alpha value is -17.7. The van der Waals surface area contributed by atoms with Gasteiger partial charge in [-0.3, -0.25) is 9.13 Å². The Bertz CT molecular complexity index is 9550. The molecule has 9 aromatic heterocycles. The van der Waals surface area contributed by atoms with Crippen molar-refractivity contribution in [3.8, 4) is 108 Å². The van der Waals surface area contributed by atoms with Crippen LogP contribution >= 0.6 is 11.3 Å². The predicted molar refractivity (Wildman–Crippen MR) is 571 cm³/mol. The molecule has 0 spiro atoms. The summed E-state index contributed by atoms with van der Waals surface area (Å²) >= 11 is 1.82. The number of nitrogens with zero attached hydrogens (tertiary/aromatic N) is 12. The summed E-state index contributed by atoms with van der Waals surface area (Å²) < 4.78 is 14.3. The van der Waals surface area contributed by atoms with Gasteiger partial charge in [-0.2, -0.15) is 9.97 Å². The van der Waals surface area contributed by atoms with E-state index in [0.717, 1.165) is 61.7 Å². The average Bonchev–Trinajstić information content (AvgIpc) is 1.51. The maximum atomic E-state index is 5.26. The summed E-state index contributed by atoms with van der Waals surface area (Å²) in [6.45, 7) is 9.35. The minimum absolute atomic E-state index is 0.0875. The third-order valence-electron chi connectivity index (χ3n) is 28.6. The number of aromatic nitrogens is 12. The molecule has 138 heavy (non-hydrogen) atoms. The van der Waals surface area contributed by atoms with E-state index in [1.807, 2.05) is 96.4 Å². The highest BCUT2D eigenvalue weighted by atomic mass is 32.1. The van der Waals surface area contributed by atoms with Gasteiger partial charge >= 0.3 is 0 Å². The van der Waals surface area contributed by atoms with Gasteiger partial charge in [0.05, 0.1) is 59.9 Å². The van der Waals surface area contributed by atoms with Gasteiger partial charge in [0.2, 0.25) is 5.95 Å². The van der Waals surface area contributed by atoms with Crippen molar-refractivity contribution >= 4 is 141 Å². The molecule has 12 nitrogen and oxygen atoms in total. The first-order chi connectivity index (χ1) is 68.0. The van der Waals surface area contributed by atoms with Gasteiger partial charge in [0.15, 0.2) is 34.9 Å². The summed E-state index contributed by atoms with van der Waals surface area (Å²) in [4.78, 5) is 35.5. The third kappa shape index (κ3) is 12.6.